The van der Waals surface area contributed by atoms with Crippen LogP contribution in [-0.4, -0.2) is 32.2 Å². The van der Waals surface area contributed by atoms with Crippen LogP contribution in [0.3, 0.4) is 0 Å². The summed E-state index contributed by atoms with van der Waals surface area (Å²) in [6, 6.07) is 9.70. The Labute approximate surface area is 144 Å². The van der Waals surface area contributed by atoms with Gasteiger partial charge in [-0.25, -0.2) is 0 Å². The van der Waals surface area contributed by atoms with E-state index in [9.17, 15) is 4.79 Å². The largest absolute Gasteiger partial charge is 0.493 e. The average Bonchev–Trinajstić information content (AvgIpc) is 2.97. The van der Waals surface area contributed by atoms with E-state index in [1.807, 2.05) is 30.3 Å². The van der Waals surface area contributed by atoms with Gasteiger partial charge in [0.2, 0.25) is 5.75 Å². The number of amides is 1. The van der Waals surface area contributed by atoms with Crippen molar-refractivity contribution in [3.05, 3.63) is 41.6 Å². The minimum Gasteiger partial charge on any atom is -0.493 e. The maximum absolute atomic E-state index is 12.6. The fourth-order valence-electron chi connectivity index (χ4n) is 3.46. The maximum atomic E-state index is 12.6. The molecule has 6 nitrogen and oxygen atoms in total. The van der Waals surface area contributed by atoms with E-state index in [0.29, 0.717) is 29.5 Å². The van der Waals surface area contributed by atoms with Gasteiger partial charge in [0.25, 0.3) is 5.91 Å². The summed E-state index contributed by atoms with van der Waals surface area (Å²) in [4.78, 5) is 15.8. The van der Waals surface area contributed by atoms with E-state index in [0.717, 1.165) is 27.6 Å². The average molecular weight is 338 g/mol. The second-order valence-corrected chi connectivity index (χ2v) is 5.78. The predicted octanol–water partition coefficient (Wildman–Crippen LogP) is 3.10. The fraction of sp³-hybridized carbons (Fsp3) is 0.211. The predicted molar refractivity (Wildman–Crippen MR) is 94.6 cm³/mol. The molecule has 0 bridgehead atoms. The SMILES string of the molecule is COc1cc2c(c(OC)c1OC)-c1c([nH]c3ccccc13)C(=O)NC2. The molecule has 25 heavy (non-hydrogen) atoms. The summed E-state index contributed by atoms with van der Waals surface area (Å²) >= 11 is 0. The quantitative estimate of drug-likeness (QED) is 0.770. The van der Waals surface area contributed by atoms with Crippen molar-refractivity contribution in [2.24, 2.45) is 0 Å². The number of aromatic nitrogens is 1. The number of fused-ring (bicyclic) bond motifs is 5. The monoisotopic (exact) mass is 338 g/mol. The Morgan fingerprint density at radius 1 is 0.960 bits per heavy atom. The highest BCUT2D eigenvalue weighted by atomic mass is 16.5. The van der Waals surface area contributed by atoms with E-state index >= 15 is 0 Å². The minimum absolute atomic E-state index is 0.151. The number of para-hydroxylation sites is 1. The second-order valence-electron chi connectivity index (χ2n) is 5.78. The van der Waals surface area contributed by atoms with Crippen LogP contribution in [0.1, 0.15) is 16.1 Å². The van der Waals surface area contributed by atoms with Crippen molar-refractivity contribution in [3.8, 4) is 28.4 Å². The van der Waals surface area contributed by atoms with Crippen LogP contribution in [0.5, 0.6) is 17.2 Å². The zero-order valence-corrected chi connectivity index (χ0v) is 14.2. The third kappa shape index (κ3) is 2.14. The molecule has 4 rings (SSSR count). The minimum atomic E-state index is -0.151. The summed E-state index contributed by atoms with van der Waals surface area (Å²) in [7, 11) is 4.74. The third-order valence-electron chi connectivity index (χ3n) is 4.53. The van der Waals surface area contributed by atoms with E-state index < -0.39 is 0 Å². The molecule has 2 aromatic carbocycles. The first-order valence-corrected chi connectivity index (χ1v) is 7.90. The van der Waals surface area contributed by atoms with Gasteiger partial charge in [0.05, 0.1) is 21.3 Å². The molecule has 1 aliphatic rings. The molecule has 1 amide bonds. The van der Waals surface area contributed by atoms with E-state index in [4.69, 9.17) is 14.2 Å². The first kappa shape index (κ1) is 15.4. The molecule has 0 atom stereocenters. The lowest BCUT2D eigenvalue weighted by molar-refractivity contribution is 0.0948. The zero-order chi connectivity index (χ0) is 17.6. The Morgan fingerprint density at radius 3 is 2.44 bits per heavy atom. The standard InChI is InChI=1S/C19H18N2O4/c1-23-13-8-10-9-20-19(22)16-15(11-6-4-5-7-12(11)21-16)14(10)18(25-3)17(13)24-2/h4-8,21H,9H2,1-3H3,(H,20,22). The van der Waals surface area contributed by atoms with Crippen molar-refractivity contribution in [1.29, 1.82) is 0 Å². The Morgan fingerprint density at radius 2 is 1.72 bits per heavy atom. The van der Waals surface area contributed by atoms with Crippen molar-refractivity contribution in [2.75, 3.05) is 21.3 Å². The van der Waals surface area contributed by atoms with Gasteiger partial charge in [0.15, 0.2) is 11.5 Å². The molecule has 0 radical (unpaired) electrons. The van der Waals surface area contributed by atoms with Gasteiger partial charge in [0.1, 0.15) is 5.69 Å². The number of rotatable bonds is 3. The highest BCUT2D eigenvalue weighted by molar-refractivity contribution is 6.12. The number of methoxy groups -OCH3 is 3. The van der Waals surface area contributed by atoms with Crippen LogP contribution >= 0.6 is 0 Å². The van der Waals surface area contributed by atoms with Crippen LogP contribution in [0.25, 0.3) is 22.0 Å². The highest BCUT2D eigenvalue weighted by Crippen LogP contribution is 2.50. The molecule has 0 saturated carbocycles. The first-order valence-electron chi connectivity index (χ1n) is 7.90. The molecule has 0 aliphatic carbocycles. The van der Waals surface area contributed by atoms with Gasteiger partial charge >= 0.3 is 0 Å². The molecule has 2 heterocycles. The number of benzene rings is 2. The molecule has 6 heteroatoms. The molecule has 2 N–H and O–H groups in total. The van der Waals surface area contributed by atoms with Gasteiger partial charge in [-0.1, -0.05) is 18.2 Å². The van der Waals surface area contributed by atoms with Crippen molar-refractivity contribution >= 4 is 16.8 Å². The molecule has 1 aromatic heterocycles. The van der Waals surface area contributed by atoms with E-state index in [1.54, 1.807) is 21.3 Å². The van der Waals surface area contributed by atoms with Gasteiger partial charge in [-0.3, -0.25) is 4.79 Å². The van der Waals surface area contributed by atoms with E-state index in [2.05, 4.69) is 10.3 Å². The van der Waals surface area contributed by atoms with E-state index in [1.165, 1.54) is 0 Å². The summed E-state index contributed by atoms with van der Waals surface area (Å²) in [5.74, 6) is 1.48. The Kier molecular flexibility index (Phi) is 3.53. The first-order chi connectivity index (χ1) is 12.2. The van der Waals surface area contributed by atoms with Gasteiger partial charge in [-0.2, -0.15) is 0 Å². The molecule has 0 spiro atoms. The lowest BCUT2D eigenvalue weighted by Gasteiger charge is -2.18. The van der Waals surface area contributed by atoms with Crippen molar-refractivity contribution in [1.82, 2.24) is 10.3 Å². The Bertz CT molecular complexity index is 991. The van der Waals surface area contributed by atoms with Gasteiger partial charge in [-0.15, -0.1) is 0 Å². The normalized spacial score (nSPS) is 12.8. The van der Waals surface area contributed by atoms with Crippen LogP contribution in [0.4, 0.5) is 0 Å². The molecular weight excluding hydrogens is 320 g/mol. The Balaban J connectivity index is 2.16. The summed E-state index contributed by atoms with van der Waals surface area (Å²) in [5.41, 5.74) is 3.98. The molecule has 0 fully saturated rings. The van der Waals surface area contributed by atoms with Crippen LogP contribution in [-0.2, 0) is 6.54 Å². The lowest BCUT2D eigenvalue weighted by Crippen LogP contribution is -2.21. The number of hydrogen-bond acceptors (Lipinski definition) is 4. The van der Waals surface area contributed by atoms with Crippen molar-refractivity contribution < 1.29 is 19.0 Å². The van der Waals surface area contributed by atoms with Crippen molar-refractivity contribution in [2.45, 2.75) is 6.54 Å². The van der Waals surface area contributed by atoms with Crippen molar-refractivity contribution in [3.63, 3.8) is 0 Å². The molecule has 0 unspecified atom stereocenters. The van der Waals surface area contributed by atoms with Gasteiger partial charge in [-0.05, 0) is 17.7 Å². The topological polar surface area (TPSA) is 72.6 Å². The van der Waals surface area contributed by atoms with Crippen LogP contribution in [0.15, 0.2) is 30.3 Å². The zero-order valence-electron chi connectivity index (χ0n) is 14.2. The second kappa shape index (κ2) is 5.73. The molecule has 128 valence electrons. The number of nitrogens with one attached hydrogen (secondary N) is 2. The lowest BCUT2D eigenvalue weighted by atomic mass is 9.95. The summed E-state index contributed by atoms with van der Waals surface area (Å²) < 4.78 is 16.7. The van der Waals surface area contributed by atoms with Crippen LogP contribution in [0, 0.1) is 0 Å². The fourth-order valence-corrected chi connectivity index (χ4v) is 3.46. The Hall–Kier alpha value is -3.15. The molecule has 3 aromatic rings. The summed E-state index contributed by atoms with van der Waals surface area (Å²) in [6.07, 6.45) is 0. The smallest absolute Gasteiger partial charge is 0.268 e. The number of hydrogen-bond donors (Lipinski definition) is 2. The number of aromatic amines is 1. The van der Waals surface area contributed by atoms with Gasteiger partial charge < -0.3 is 24.5 Å². The molecule has 1 aliphatic heterocycles. The molecule has 0 saturated heterocycles. The maximum Gasteiger partial charge on any atom is 0.268 e. The summed E-state index contributed by atoms with van der Waals surface area (Å²) in [6.45, 7) is 0.377. The van der Waals surface area contributed by atoms with Crippen LogP contribution < -0.4 is 19.5 Å². The van der Waals surface area contributed by atoms with E-state index in [-0.39, 0.29) is 5.91 Å². The van der Waals surface area contributed by atoms with Crippen LogP contribution in [0.2, 0.25) is 0 Å². The number of ether oxygens (including phenoxy) is 3. The summed E-state index contributed by atoms with van der Waals surface area (Å²) in [5, 5.41) is 3.90. The number of carbonyl (C=O) groups is 1. The third-order valence-corrected chi connectivity index (χ3v) is 4.53. The number of H-pyrrole nitrogens is 1. The van der Waals surface area contributed by atoms with Gasteiger partial charge in [0, 0.05) is 28.6 Å². The highest BCUT2D eigenvalue weighted by Gasteiger charge is 2.30. The number of carbonyl (C=O) groups excluding carboxylic acids is 1. The molecular formula is C19H18N2O4.